The number of nitrogens with one attached hydrogen (secondary N) is 1. The van der Waals surface area contributed by atoms with E-state index in [1.54, 1.807) is 6.07 Å². The van der Waals surface area contributed by atoms with Gasteiger partial charge in [-0.3, -0.25) is 0 Å². The van der Waals surface area contributed by atoms with Crippen LogP contribution in [-0.2, 0) is 6.42 Å². The molecule has 1 heterocycles. The minimum atomic E-state index is -0.273. The van der Waals surface area contributed by atoms with Crippen molar-refractivity contribution in [2.45, 2.75) is 19.8 Å². The zero-order valence-corrected chi connectivity index (χ0v) is 12.5. The van der Waals surface area contributed by atoms with Crippen LogP contribution >= 0.6 is 0 Å². The Kier molecular flexibility index (Phi) is 4.28. The summed E-state index contributed by atoms with van der Waals surface area (Å²) in [7, 11) is 0. The van der Waals surface area contributed by atoms with E-state index in [-0.39, 0.29) is 5.82 Å². The van der Waals surface area contributed by atoms with Gasteiger partial charge in [-0.2, -0.15) is 0 Å². The molecule has 1 aromatic heterocycles. The molecule has 0 aliphatic heterocycles. The highest BCUT2D eigenvalue weighted by Crippen LogP contribution is 2.20. The first-order valence-electron chi connectivity index (χ1n) is 7.42. The summed E-state index contributed by atoms with van der Waals surface area (Å²) in [6.07, 6.45) is 3.50. The summed E-state index contributed by atoms with van der Waals surface area (Å²) < 4.78 is 13.4. The van der Waals surface area contributed by atoms with E-state index >= 15 is 0 Å². The number of rotatable bonds is 5. The number of aromatic nitrogens is 2. The molecule has 0 aliphatic rings. The second-order valence-corrected chi connectivity index (χ2v) is 5.40. The minimum absolute atomic E-state index is 0.273. The zero-order chi connectivity index (χ0) is 15.4. The fourth-order valence-corrected chi connectivity index (χ4v) is 2.42. The maximum Gasteiger partial charge on any atom is 0.137 e. The van der Waals surface area contributed by atoms with Crippen molar-refractivity contribution in [2.24, 2.45) is 0 Å². The number of hydrogen-bond acceptors (Lipinski definition) is 3. The predicted molar refractivity (Wildman–Crippen MR) is 87.5 cm³/mol. The summed E-state index contributed by atoms with van der Waals surface area (Å²) >= 11 is 0. The van der Waals surface area contributed by atoms with Crippen molar-refractivity contribution >= 4 is 16.7 Å². The van der Waals surface area contributed by atoms with Gasteiger partial charge in [0.1, 0.15) is 18.0 Å². The van der Waals surface area contributed by atoms with Gasteiger partial charge in [0.05, 0.1) is 5.52 Å². The highest BCUT2D eigenvalue weighted by molar-refractivity contribution is 5.88. The second kappa shape index (κ2) is 6.52. The highest BCUT2D eigenvalue weighted by Gasteiger charge is 2.04. The van der Waals surface area contributed by atoms with Crippen LogP contribution in [0.2, 0.25) is 0 Å². The van der Waals surface area contributed by atoms with Crippen molar-refractivity contribution < 1.29 is 4.39 Å². The van der Waals surface area contributed by atoms with Crippen molar-refractivity contribution in [1.29, 1.82) is 0 Å². The van der Waals surface area contributed by atoms with E-state index in [0.29, 0.717) is 5.82 Å². The van der Waals surface area contributed by atoms with E-state index < -0.39 is 0 Å². The molecule has 0 saturated carbocycles. The number of fused-ring (bicyclic) bond motifs is 1. The third-order valence-corrected chi connectivity index (χ3v) is 3.65. The van der Waals surface area contributed by atoms with Crippen molar-refractivity contribution in [3.05, 3.63) is 65.7 Å². The molecule has 0 atom stereocenters. The van der Waals surface area contributed by atoms with Crippen molar-refractivity contribution in [3.8, 4) is 0 Å². The molecule has 0 unspecified atom stereocenters. The first-order valence-corrected chi connectivity index (χ1v) is 7.42. The summed E-state index contributed by atoms with van der Waals surface area (Å²) in [6.45, 7) is 2.88. The van der Waals surface area contributed by atoms with Crippen LogP contribution in [0.25, 0.3) is 10.9 Å². The van der Waals surface area contributed by atoms with E-state index in [1.165, 1.54) is 29.6 Å². The van der Waals surface area contributed by atoms with Crippen LogP contribution < -0.4 is 5.32 Å². The Morgan fingerprint density at radius 3 is 2.68 bits per heavy atom. The molecule has 3 aromatic rings. The standard InChI is InChI=1S/C18H18FN3/c1-13-4-6-14(7-5-13)3-2-10-20-18-16-11-15(19)8-9-17(16)21-12-22-18/h4-9,11-12H,2-3,10H2,1H3,(H,20,21,22). The molecule has 0 fully saturated rings. The molecule has 0 spiro atoms. The molecule has 1 N–H and O–H groups in total. The Morgan fingerprint density at radius 1 is 1.05 bits per heavy atom. The molecule has 0 amide bonds. The van der Waals surface area contributed by atoms with Crippen molar-refractivity contribution in [3.63, 3.8) is 0 Å². The van der Waals surface area contributed by atoms with Crippen LogP contribution in [0, 0.1) is 12.7 Å². The van der Waals surface area contributed by atoms with Gasteiger partial charge in [-0.15, -0.1) is 0 Å². The smallest absolute Gasteiger partial charge is 0.137 e. The molecule has 0 bridgehead atoms. The third kappa shape index (κ3) is 3.39. The van der Waals surface area contributed by atoms with Crippen LogP contribution in [0.15, 0.2) is 48.8 Å². The highest BCUT2D eigenvalue weighted by atomic mass is 19.1. The maximum atomic E-state index is 13.4. The predicted octanol–water partition coefficient (Wildman–Crippen LogP) is 4.12. The van der Waals surface area contributed by atoms with E-state index in [2.05, 4.69) is 46.5 Å². The fourth-order valence-electron chi connectivity index (χ4n) is 2.42. The van der Waals surface area contributed by atoms with Gasteiger partial charge in [0.25, 0.3) is 0 Å². The summed E-state index contributed by atoms with van der Waals surface area (Å²) in [5.74, 6) is 0.415. The average molecular weight is 295 g/mol. The van der Waals surface area contributed by atoms with Crippen LogP contribution in [-0.4, -0.2) is 16.5 Å². The van der Waals surface area contributed by atoms with Crippen LogP contribution in [0.3, 0.4) is 0 Å². The Hall–Kier alpha value is -2.49. The molecule has 0 aliphatic carbocycles. The Labute approximate surface area is 129 Å². The molecule has 4 heteroatoms. The maximum absolute atomic E-state index is 13.4. The summed E-state index contributed by atoms with van der Waals surface area (Å²) in [5, 5.41) is 4.00. The lowest BCUT2D eigenvalue weighted by molar-refractivity contribution is 0.629. The Balaban J connectivity index is 1.62. The number of anilines is 1. The topological polar surface area (TPSA) is 37.8 Å². The number of halogens is 1. The molecule has 0 saturated heterocycles. The number of aryl methyl sites for hydroxylation is 2. The molecular formula is C18H18FN3. The Morgan fingerprint density at radius 2 is 1.86 bits per heavy atom. The number of nitrogens with zero attached hydrogens (tertiary/aromatic N) is 2. The Bertz CT molecular complexity index is 769. The van der Waals surface area contributed by atoms with Gasteiger partial charge in [-0.1, -0.05) is 29.8 Å². The second-order valence-electron chi connectivity index (χ2n) is 5.40. The minimum Gasteiger partial charge on any atom is -0.369 e. The molecule has 3 rings (SSSR count). The van der Waals surface area contributed by atoms with Gasteiger partial charge in [0.15, 0.2) is 0 Å². The van der Waals surface area contributed by atoms with Gasteiger partial charge in [0, 0.05) is 11.9 Å². The molecule has 0 radical (unpaired) electrons. The van der Waals surface area contributed by atoms with Crippen molar-refractivity contribution in [1.82, 2.24) is 9.97 Å². The van der Waals surface area contributed by atoms with Gasteiger partial charge < -0.3 is 5.32 Å². The van der Waals surface area contributed by atoms with E-state index in [0.717, 1.165) is 30.3 Å². The number of benzene rings is 2. The lowest BCUT2D eigenvalue weighted by Gasteiger charge is -2.08. The van der Waals surface area contributed by atoms with Gasteiger partial charge in [-0.05, 0) is 43.5 Å². The summed E-state index contributed by atoms with van der Waals surface area (Å²) in [6, 6.07) is 13.1. The third-order valence-electron chi connectivity index (χ3n) is 3.65. The van der Waals surface area contributed by atoms with E-state index in [4.69, 9.17) is 0 Å². The lowest BCUT2D eigenvalue weighted by Crippen LogP contribution is -2.05. The van der Waals surface area contributed by atoms with Crippen molar-refractivity contribution in [2.75, 3.05) is 11.9 Å². The average Bonchev–Trinajstić information content (AvgIpc) is 2.53. The summed E-state index contributed by atoms with van der Waals surface area (Å²) in [5.41, 5.74) is 3.35. The monoisotopic (exact) mass is 295 g/mol. The molecular weight excluding hydrogens is 277 g/mol. The van der Waals surface area contributed by atoms with E-state index in [1.807, 2.05) is 0 Å². The van der Waals surface area contributed by atoms with Crippen LogP contribution in [0.1, 0.15) is 17.5 Å². The lowest BCUT2D eigenvalue weighted by atomic mass is 10.1. The first-order chi connectivity index (χ1) is 10.7. The van der Waals surface area contributed by atoms with Gasteiger partial charge in [-0.25, -0.2) is 14.4 Å². The van der Waals surface area contributed by atoms with Crippen LogP contribution in [0.5, 0.6) is 0 Å². The van der Waals surface area contributed by atoms with E-state index in [9.17, 15) is 4.39 Å². The zero-order valence-electron chi connectivity index (χ0n) is 12.5. The largest absolute Gasteiger partial charge is 0.369 e. The quantitative estimate of drug-likeness (QED) is 0.719. The SMILES string of the molecule is Cc1ccc(CCCNc2ncnc3ccc(F)cc23)cc1. The normalized spacial score (nSPS) is 10.8. The van der Waals surface area contributed by atoms with Gasteiger partial charge >= 0.3 is 0 Å². The van der Waals surface area contributed by atoms with Crippen LogP contribution in [0.4, 0.5) is 10.2 Å². The molecule has 3 nitrogen and oxygen atoms in total. The number of hydrogen-bond donors (Lipinski definition) is 1. The fraction of sp³-hybridized carbons (Fsp3) is 0.222. The first kappa shape index (κ1) is 14.4. The summed E-state index contributed by atoms with van der Waals surface area (Å²) in [4.78, 5) is 8.36. The molecule has 112 valence electrons. The molecule has 2 aromatic carbocycles. The molecule has 22 heavy (non-hydrogen) atoms. The van der Waals surface area contributed by atoms with Gasteiger partial charge in [0.2, 0.25) is 0 Å².